The van der Waals surface area contributed by atoms with Gasteiger partial charge in [-0.1, -0.05) is 37.6 Å². The maximum atomic E-state index is 5.93. The Morgan fingerprint density at radius 3 is 2.64 bits per heavy atom. The molecule has 0 amide bonds. The second-order valence-corrected chi connectivity index (χ2v) is 5.68. The molecule has 0 aliphatic carbocycles. The van der Waals surface area contributed by atoms with E-state index in [1.807, 2.05) is 30.0 Å². The molecule has 0 aliphatic heterocycles. The zero-order chi connectivity index (χ0) is 10.6. The van der Waals surface area contributed by atoms with E-state index in [9.17, 15) is 0 Å². The predicted molar refractivity (Wildman–Crippen MR) is 66.0 cm³/mol. The van der Waals surface area contributed by atoms with Crippen molar-refractivity contribution < 1.29 is 0 Å². The molecule has 1 aromatic rings. The zero-order valence-electron chi connectivity index (χ0n) is 8.53. The molecule has 0 radical (unpaired) electrons. The highest BCUT2D eigenvalue weighted by molar-refractivity contribution is 8.00. The molecule has 0 aromatic heterocycles. The largest absolute Gasteiger partial charge is 0.329 e. The normalized spacial score (nSPS) is 13.2. The summed E-state index contributed by atoms with van der Waals surface area (Å²) in [7, 11) is 0. The minimum atomic E-state index is 0.355. The van der Waals surface area contributed by atoms with Gasteiger partial charge in [-0.25, -0.2) is 0 Å². The van der Waals surface area contributed by atoms with Gasteiger partial charge in [0.15, 0.2) is 0 Å². The summed E-state index contributed by atoms with van der Waals surface area (Å²) in [4.78, 5) is 0. The van der Waals surface area contributed by atoms with Crippen LogP contribution in [-0.2, 0) is 0 Å². The maximum Gasteiger partial charge on any atom is 0.0422 e. The molecule has 1 aromatic carbocycles. The van der Waals surface area contributed by atoms with E-state index in [0.717, 1.165) is 5.02 Å². The van der Waals surface area contributed by atoms with Crippen LogP contribution in [-0.4, -0.2) is 11.8 Å². The van der Waals surface area contributed by atoms with Crippen LogP contribution in [0, 0.1) is 0 Å². The summed E-state index contributed by atoms with van der Waals surface area (Å²) in [6, 6.07) is 7.94. The lowest BCUT2D eigenvalue weighted by atomic mass is 10.1. The predicted octanol–water partition coefficient (Wildman–Crippen LogP) is 3.48. The lowest BCUT2D eigenvalue weighted by Crippen LogP contribution is -2.11. The fourth-order valence-corrected chi connectivity index (χ4v) is 2.58. The molecular formula is C11H16ClNS. The molecule has 14 heavy (non-hydrogen) atoms. The van der Waals surface area contributed by atoms with Gasteiger partial charge in [-0.15, -0.1) is 11.8 Å². The Bertz CT molecular complexity index is 288. The summed E-state index contributed by atoms with van der Waals surface area (Å²) in [5.41, 5.74) is 6.96. The van der Waals surface area contributed by atoms with Gasteiger partial charge in [-0.2, -0.15) is 0 Å². The summed E-state index contributed by atoms with van der Waals surface area (Å²) < 4.78 is 0. The third-order valence-electron chi connectivity index (χ3n) is 1.87. The molecule has 1 atom stereocenters. The van der Waals surface area contributed by atoms with E-state index >= 15 is 0 Å². The fourth-order valence-electron chi connectivity index (χ4n) is 1.31. The van der Waals surface area contributed by atoms with Crippen LogP contribution < -0.4 is 5.73 Å². The van der Waals surface area contributed by atoms with Gasteiger partial charge in [0.05, 0.1) is 0 Å². The van der Waals surface area contributed by atoms with Crippen LogP contribution in [0.1, 0.15) is 24.7 Å². The third kappa shape index (κ3) is 3.52. The number of rotatable bonds is 4. The average molecular weight is 230 g/mol. The molecule has 0 bridgehead atoms. The Labute approximate surface area is 95.0 Å². The minimum absolute atomic E-state index is 0.355. The summed E-state index contributed by atoms with van der Waals surface area (Å²) >= 11 is 7.81. The quantitative estimate of drug-likeness (QED) is 0.856. The van der Waals surface area contributed by atoms with Gasteiger partial charge in [0, 0.05) is 16.8 Å². The zero-order valence-corrected chi connectivity index (χ0v) is 10.1. The van der Waals surface area contributed by atoms with Crippen LogP contribution in [0.3, 0.4) is 0 Å². The SMILES string of the molecule is CC(C)SC(CN)c1cccc(Cl)c1. The van der Waals surface area contributed by atoms with Crippen molar-refractivity contribution in [2.75, 3.05) is 6.54 Å². The van der Waals surface area contributed by atoms with Gasteiger partial charge in [-0.05, 0) is 22.9 Å². The molecule has 0 saturated heterocycles. The molecule has 0 saturated carbocycles. The molecule has 0 spiro atoms. The van der Waals surface area contributed by atoms with Crippen LogP contribution in [0.15, 0.2) is 24.3 Å². The first kappa shape index (κ1) is 11.9. The maximum absolute atomic E-state index is 5.93. The van der Waals surface area contributed by atoms with Crippen molar-refractivity contribution in [3.05, 3.63) is 34.9 Å². The van der Waals surface area contributed by atoms with E-state index in [1.165, 1.54) is 5.56 Å². The highest BCUT2D eigenvalue weighted by Crippen LogP contribution is 2.32. The van der Waals surface area contributed by atoms with Gasteiger partial charge >= 0.3 is 0 Å². The number of hydrogen-bond acceptors (Lipinski definition) is 2. The smallest absolute Gasteiger partial charge is 0.0422 e. The molecule has 0 heterocycles. The van der Waals surface area contributed by atoms with Crippen LogP contribution in [0.2, 0.25) is 5.02 Å². The standard InChI is InChI=1S/C11H16ClNS/c1-8(2)14-11(7-13)9-4-3-5-10(12)6-9/h3-6,8,11H,7,13H2,1-2H3. The van der Waals surface area contributed by atoms with Crippen molar-refractivity contribution in [3.63, 3.8) is 0 Å². The third-order valence-corrected chi connectivity index (χ3v) is 3.44. The number of hydrogen-bond donors (Lipinski definition) is 1. The molecular weight excluding hydrogens is 214 g/mol. The molecule has 78 valence electrons. The number of nitrogens with two attached hydrogens (primary N) is 1. The summed E-state index contributed by atoms with van der Waals surface area (Å²) in [5.74, 6) is 0. The first-order chi connectivity index (χ1) is 6.63. The number of halogens is 1. The molecule has 2 N–H and O–H groups in total. The topological polar surface area (TPSA) is 26.0 Å². The Morgan fingerprint density at radius 1 is 1.43 bits per heavy atom. The van der Waals surface area contributed by atoms with Gasteiger partial charge < -0.3 is 5.73 Å². The van der Waals surface area contributed by atoms with E-state index in [-0.39, 0.29) is 0 Å². The molecule has 1 nitrogen and oxygen atoms in total. The van der Waals surface area contributed by atoms with E-state index in [1.54, 1.807) is 0 Å². The van der Waals surface area contributed by atoms with Crippen molar-refractivity contribution >= 4 is 23.4 Å². The summed E-state index contributed by atoms with van der Waals surface area (Å²) in [6.07, 6.45) is 0. The van der Waals surface area contributed by atoms with E-state index in [4.69, 9.17) is 17.3 Å². The second kappa shape index (κ2) is 5.64. The minimum Gasteiger partial charge on any atom is -0.329 e. The van der Waals surface area contributed by atoms with Crippen LogP contribution in [0.5, 0.6) is 0 Å². The highest BCUT2D eigenvalue weighted by atomic mass is 35.5. The Balaban J connectivity index is 2.78. The van der Waals surface area contributed by atoms with Crippen molar-refractivity contribution in [2.45, 2.75) is 24.3 Å². The highest BCUT2D eigenvalue weighted by Gasteiger charge is 2.11. The van der Waals surface area contributed by atoms with Crippen molar-refractivity contribution in [3.8, 4) is 0 Å². The van der Waals surface area contributed by atoms with Crippen molar-refractivity contribution in [1.29, 1.82) is 0 Å². The lowest BCUT2D eigenvalue weighted by molar-refractivity contribution is 0.928. The monoisotopic (exact) mass is 229 g/mol. The number of benzene rings is 1. The number of thioether (sulfide) groups is 1. The van der Waals surface area contributed by atoms with Crippen molar-refractivity contribution in [1.82, 2.24) is 0 Å². The van der Waals surface area contributed by atoms with E-state index in [0.29, 0.717) is 17.0 Å². The van der Waals surface area contributed by atoms with Crippen molar-refractivity contribution in [2.24, 2.45) is 5.73 Å². The molecule has 1 unspecified atom stereocenters. The summed E-state index contributed by atoms with van der Waals surface area (Å²) in [6.45, 7) is 5.01. The van der Waals surface area contributed by atoms with Crippen LogP contribution >= 0.6 is 23.4 Å². The van der Waals surface area contributed by atoms with Gasteiger partial charge in [0.25, 0.3) is 0 Å². The fraction of sp³-hybridized carbons (Fsp3) is 0.455. The molecule has 0 aliphatic rings. The van der Waals surface area contributed by atoms with Crippen LogP contribution in [0.4, 0.5) is 0 Å². The van der Waals surface area contributed by atoms with Gasteiger partial charge in [0.2, 0.25) is 0 Å². The molecule has 1 rings (SSSR count). The van der Waals surface area contributed by atoms with Gasteiger partial charge in [0.1, 0.15) is 0 Å². The van der Waals surface area contributed by atoms with Crippen LogP contribution in [0.25, 0.3) is 0 Å². The molecule has 3 heteroatoms. The first-order valence-electron chi connectivity index (χ1n) is 4.74. The molecule has 0 fully saturated rings. The average Bonchev–Trinajstić information content (AvgIpc) is 2.14. The lowest BCUT2D eigenvalue weighted by Gasteiger charge is -2.17. The van der Waals surface area contributed by atoms with E-state index in [2.05, 4.69) is 19.9 Å². The Morgan fingerprint density at radius 2 is 2.14 bits per heavy atom. The Kier molecular flexibility index (Phi) is 4.79. The van der Waals surface area contributed by atoms with Gasteiger partial charge in [-0.3, -0.25) is 0 Å². The Hall–Kier alpha value is -0.180. The van der Waals surface area contributed by atoms with E-state index < -0.39 is 0 Å². The first-order valence-corrected chi connectivity index (χ1v) is 6.06. The summed E-state index contributed by atoms with van der Waals surface area (Å²) in [5, 5.41) is 1.72. The second-order valence-electron chi connectivity index (χ2n) is 3.46.